The highest BCUT2D eigenvalue weighted by atomic mass is 32.2. The third-order valence-electron chi connectivity index (χ3n) is 2.35. The van der Waals surface area contributed by atoms with E-state index < -0.39 is 0 Å². The summed E-state index contributed by atoms with van der Waals surface area (Å²) in [4.78, 5) is 15.0. The van der Waals surface area contributed by atoms with Gasteiger partial charge in [0.25, 0.3) is 5.56 Å². The van der Waals surface area contributed by atoms with Crippen molar-refractivity contribution in [2.75, 3.05) is 5.75 Å². The minimum atomic E-state index is -0.202. The molecule has 0 bridgehead atoms. The first-order valence-corrected chi connectivity index (χ1v) is 5.74. The zero-order chi connectivity index (χ0) is 9.97. The van der Waals surface area contributed by atoms with Crippen LogP contribution in [-0.4, -0.2) is 15.3 Å². The lowest BCUT2D eigenvalue weighted by atomic mass is 10.3. The third-order valence-corrected chi connectivity index (χ3v) is 3.73. The topological polar surface area (TPSA) is 60.9 Å². The summed E-state index contributed by atoms with van der Waals surface area (Å²) in [6.07, 6.45) is 5.83. The Bertz CT molecular complexity index is 371. The van der Waals surface area contributed by atoms with Gasteiger partial charge in [-0.2, -0.15) is 4.98 Å². The zero-order valence-electron chi connectivity index (χ0n) is 7.85. The number of nitrogens with zero attached hydrogens (tertiary/aromatic N) is 2. The number of hydrogen-bond acceptors (Lipinski definition) is 4. The van der Waals surface area contributed by atoms with Crippen LogP contribution >= 0.6 is 11.8 Å². The Morgan fingerprint density at radius 2 is 2.57 bits per heavy atom. The van der Waals surface area contributed by atoms with Crippen LogP contribution in [0.4, 0.5) is 0 Å². The highest BCUT2D eigenvalue weighted by Gasteiger charge is 2.16. The Morgan fingerprint density at radius 1 is 1.71 bits per heavy atom. The van der Waals surface area contributed by atoms with Gasteiger partial charge in [-0.3, -0.25) is 4.79 Å². The molecule has 1 fully saturated rings. The second-order valence-corrected chi connectivity index (χ2v) is 4.61. The average molecular weight is 211 g/mol. The van der Waals surface area contributed by atoms with Crippen LogP contribution in [-0.2, 0) is 6.54 Å². The minimum Gasteiger partial charge on any atom is -0.326 e. The van der Waals surface area contributed by atoms with Gasteiger partial charge < -0.3 is 10.3 Å². The zero-order valence-corrected chi connectivity index (χ0v) is 8.67. The second kappa shape index (κ2) is 4.14. The maximum absolute atomic E-state index is 11.2. The number of nitrogens with two attached hydrogens (primary N) is 1. The number of thioether (sulfide) groups is 1. The van der Waals surface area contributed by atoms with Crippen molar-refractivity contribution in [3.05, 3.63) is 28.4 Å². The second-order valence-electron chi connectivity index (χ2n) is 3.32. The van der Waals surface area contributed by atoms with E-state index in [1.54, 1.807) is 6.33 Å². The molecule has 14 heavy (non-hydrogen) atoms. The Morgan fingerprint density at radius 3 is 3.21 bits per heavy atom. The molecule has 5 heteroatoms. The molecule has 0 saturated carbocycles. The van der Waals surface area contributed by atoms with Crippen LogP contribution in [0, 0.1) is 0 Å². The summed E-state index contributed by atoms with van der Waals surface area (Å²) in [6, 6.07) is 0. The fourth-order valence-electron chi connectivity index (χ4n) is 1.56. The van der Waals surface area contributed by atoms with Crippen molar-refractivity contribution in [1.29, 1.82) is 0 Å². The molecule has 0 radical (unpaired) electrons. The van der Waals surface area contributed by atoms with Crippen LogP contribution in [0.1, 0.15) is 23.8 Å². The van der Waals surface area contributed by atoms with Crippen LogP contribution in [0.3, 0.4) is 0 Å². The molecular formula is C9H13N3OS. The van der Waals surface area contributed by atoms with Crippen molar-refractivity contribution >= 4 is 11.8 Å². The quantitative estimate of drug-likeness (QED) is 0.783. The van der Waals surface area contributed by atoms with Gasteiger partial charge in [0.1, 0.15) is 0 Å². The highest BCUT2D eigenvalue weighted by Crippen LogP contribution is 2.34. The third kappa shape index (κ3) is 1.83. The smallest absolute Gasteiger partial charge is 0.277 e. The Hall–Kier alpha value is -0.810. The monoisotopic (exact) mass is 211 g/mol. The molecule has 0 spiro atoms. The summed E-state index contributed by atoms with van der Waals surface area (Å²) in [5.41, 5.74) is 5.85. The average Bonchev–Trinajstić information content (AvgIpc) is 2.71. The molecule has 1 atom stereocenters. The van der Waals surface area contributed by atoms with E-state index in [1.165, 1.54) is 12.2 Å². The minimum absolute atomic E-state index is 0.202. The lowest BCUT2D eigenvalue weighted by Crippen LogP contribution is -2.19. The predicted molar refractivity (Wildman–Crippen MR) is 57.1 cm³/mol. The van der Waals surface area contributed by atoms with Crippen molar-refractivity contribution in [2.45, 2.75) is 24.8 Å². The maximum Gasteiger partial charge on any atom is 0.277 e. The fraction of sp³-hybridized carbons (Fsp3) is 0.556. The van der Waals surface area contributed by atoms with Gasteiger partial charge in [-0.15, -0.1) is 11.8 Å². The maximum atomic E-state index is 11.2. The van der Waals surface area contributed by atoms with Gasteiger partial charge in [0.05, 0.1) is 11.7 Å². The molecule has 4 nitrogen and oxygen atoms in total. The van der Waals surface area contributed by atoms with E-state index in [9.17, 15) is 4.79 Å². The summed E-state index contributed by atoms with van der Waals surface area (Å²) >= 11 is 1.90. The fourth-order valence-corrected chi connectivity index (χ4v) is 2.79. The van der Waals surface area contributed by atoms with E-state index >= 15 is 0 Å². The molecule has 1 aromatic rings. The van der Waals surface area contributed by atoms with Gasteiger partial charge >= 0.3 is 0 Å². The molecule has 1 saturated heterocycles. The van der Waals surface area contributed by atoms with Crippen molar-refractivity contribution < 1.29 is 0 Å². The number of hydrogen-bond donors (Lipinski definition) is 1. The normalized spacial score (nSPS) is 21.4. The standard InChI is InChI=1S/C9H13N3OS/c10-4-7-5-12(6-11-9(7)13)8-2-1-3-14-8/h5-6,8H,1-4,10H2. The molecule has 0 aliphatic carbocycles. The lowest BCUT2D eigenvalue weighted by Gasteiger charge is -2.13. The first kappa shape index (κ1) is 9.73. The van der Waals surface area contributed by atoms with Gasteiger partial charge in [0.15, 0.2) is 0 Å². The van der Waals surface area contributed by atoms with Gasteiger partial charge in [0.2, 0.25) is 0 Å². The number of rotatable bonds is 2. The summed E-state index contributed by atoms with van der Waals surface area (Å²) in [6.45, 7) is 0.268. The van der Waals surface area contributed by atoms with Gasteiger partial charge in [-0.1, -0.05) is 0 Å². The van der Waals surface area contributed by atoms with E-state index in [4.69, 9.17) is 5.73 Å². The number of aromatic nitrogens is 2. The predicted octanol–water partition coefficient (Wildman–Crippen LogP) is 0.728. The molecule has 1 aliphatic rings. The van der Waals surface area contributed by atoms with Crippen molar-refractivity contribution in [1.82, 2.24) is 9.55 Å². The van der Waals surface area contributed by atoms with Crippen molar-refractivity contribution in [3.8, 4) is 0 Å². The Balaban J connectivity index is 2.30. The van der Waals surface area contributed by atoms with Crippen LogP contribution < -0.4 is 11.3 Å². The van der Waals surface area contributed by atoms with Gasteiger partial charge in [-0.25, -0.2) is 0 Å². The van der Waals surface area contributed by atoms with Crippen LogP contribution in [0.15, 0.2) is 17.3 Å². The van der Waals surface area contributed by atoms with E-state index in [1.807, 2.05) is 22.5 Å². The van der Waals surface area contributed by atoms with Crippen molar-refractivity contribution in [2.24, 2.45) is 5.73 Å². The van der Waals surface area contributed by atoms with Crippen LogP contribution in [0.25, 0.3) is 0 Å². The molecule has 0 amide bonds. The Labute approximate surface area is 86.5 Å². The van der Waals surface area contributed by atoms with E-state index in [0.29, 0.717) is 10.9 Å². The first-order chi connectivity index (χ1) is 6.81. The Kier molecular flexibility index (Phi) is 2.88. The molecule has 2 heterocycles. The molecule has 76 valence electrons. The van der Waals surface area contributed by atoms with E-state index in [0.717, 1.165) is 6.42 Å². The molecule has 1 unspecified atom stereocenters. The molecule has 1 aromatic heterocycles. The van der Waals surface area contributed by atoms with Crippen molar-refractivity contribution in [3.63, 3.8) is 0 Å². The summed E-state index contributed by atoms with van der Waals surface area (Å²) in [7, 11) is 0. The lowest BCUT2D eigenvalue weighted by molar-refractivity contribution is 0.621. The summed E-state index contributed by atoms with van der Waals surface area (Å²) in [5.74, 6) is 1.19. The molecule has 2 N–H and O–H groups in total. The molecule has 0 aromatic carbocycles. The highest BCUT2D eigenvalue weighted by molar-refractivity contribution is 7.99. The summed E-state index contributed by atoms with van der Waals surface area (Å²) < 4.78 is 2.00. The SMILES string of the molecule is NCc1cn(C2CCCS2)cnc1=O. The van der Waals surface area contributed by atoms with Crippen LogP contribution in [0.5, 0.6) is 0 Å². The molecule has 1 aliphatic heterocycles. The van der Waals surface area contributed by atoms with Gasteiger partial charge in [-0.05, 0) is 18.6 Å². The first-order valence-electron chi connectivity index (χ1n) is 4.69. The van der Waals surface area contributed by atoms with Gasteiger partial charge in [0, 0.05) is 18.3 Å². The van der Waals surface area contributed by atoms with E-state index in [-0.39, 0.29) is 12.1 Å². The molecular weight excluding hydrogens is 198 g/mol. The molecule has 2 rings (SSSR count). The van der Waals surface area contributed by atoms with Crippen LogP contribution in [0.2, 0.25) is 0 Å². The largest absolute Gasteiger partial charge is 0.326 e. The summed E-state index contributed by atoms with van der Waals surface area (Å²) in [5, 5.41) is 0.438. The van der Waals surface area contributed by atoms with E-state index in [2.05, 4.69) is 4.98 Å².